The molecule has 5 nitrogen and oxygen atoms in total. The number of carbonyl (C=O) groups excluding carboxylic acids is 2. The molecule has 0 fully saturated rings. The molecular formula is C14H20N2O3S. The van der Waals surface area contributed by atoms with Gasteiger partial charge in [0.1, 0.15) is 0 Å². The number of hydrogen-bond donors (Lipinski definition) is 3. The van der Waals surface area contributed by atoms with E-state index in [0.717, 1.165) is 12.0 Å². The van der Waals surface area contributed by atoms with Crippen LogP contribution in [0.15, 0.2) is 30.3 Å². The van der Waals surface area contributed by atoms with Crippen LogP contribution >= 0.6 is 11.8 Å². The number of carbonyl (C=O) groups is 2. The maximum atomic E-state index is 11.5. The Balaban J connectivity index is 2.20. The molecule has 0 bridgehead atoms. The van der Waals surface area contributed by atoms with Crippen LogP contribution in [0.2, 0.25) is 0 Å². The highest BCUT2D eigenvalue weighted by Crippen LogP contribution is 2.17. The van der Waals surface area contributed by atoms with Crippen molar-refractivity contribution in [2.75, 3.05) is 18.1 Å². The van der Waals surface area contributed by atoms with Crippen LogP contribution in [0.1, 0.15) is 25.0 Å². The Morgan fingerprint density at radius 1 is 1.30 bits per heavy atom. The predicted octanol–water partition coefficient (Wildman–Crippen LogP) is 1.69. The van der Waals surface area contributed by atoms with Crippen molar-refractivity contribution in [1.29, 1.82) is 0 Å². The van der Waals surface area contributed by atoms with Crippen molar-refractivity contribution >= 4 is 23.7 Å². The Hall–Kier alpha value is -1.53. The van der Waals surface area contributed by atoms with Crippen molar-refractivity contribution in [2.45, 2.75) is 19.4 Å². The van der Waals surface area contributed by atoms with Gasteiger partial charge in [-0.3, -0.25) is 10.1 Å². The molecule has 0 radical (unpaired) electrons. The maximum absolute atomic E-state index is 11.5. The second-order valence-corrected chi connectivity index (χ2v) is 5.28. The number of benzene rings is 1. The van der Waals surface area contributed by atoms with Crippen molar-refractivity contribution < 1.29 is 14.7 Å². The van der Waals surface area contributed by atoms with Gasteiger partial charge in [0, 0.05) is 12.3 Å². The highest BCUT2D eigenvalue weighted by atomic mass is 32.2. The number of nitrogens with one attached hydrogen (secondary N) is 2. The average molecular weight is 296 g/mol. The summed E-state index contributed by atoms with van der Waals surface area (Å²) in [6.45, 7) is 2.47. The Bertz CT molecular complexity index is 426. The SMILES string of the molecule is CCCNC(=O)NC(=O)CSC[C@@H](O)c1ccccc1. The fourth-order valence-electron chi connectivity index (χ4n) is 1.48. The zero-order chi connectivity index (χ0) is 14.8. The summed E-state index contributed by atoms with van der Waals surface area (Å²) >= 11 is 1.29. The van der Waals surface area contributed by atoms with Gasteiger partial charge in [-0.2, -0.15) is 0 Å². The minimum atomic E-state index is -0.608. The summed E-state index contributed by atoms with van der Waals surface area (Å²) < 4.78 is 0. The lowest BCUT2D eigenvalue weighted by Crippen LogP contribution is -2.40. The highest BCUT2D eigenvalue weighted by molar-refractivity contribution is 7.99. The summed E-state index contributed by atoms with van der Waals surface area (Å²) in [5.74, 6) is 0.195. The predicted molar refractivity (Wildman–Crippen MR) is 80.6 cm³/mol. The topological polar surface area (TPSA) is 78.4 Å². The van der Waals surface area contributed by atoms with Crippen LogP contribution in [0, 0.1) is 0 Å². The van der Waals surface area contributed by atoms with E-state index in [1.54, 1.807) is 0 Å². The molecular weight excluding hydrogens is 276 g/mol. The quantitative estimate of drug-likeness (QED) is 0.715. The van der Waals surface area contributed by atoms with E-state index < -0.39 is 12.1 Å². The first-order valence-electron chi connectivity index (χ1n) is 6.52. The monoisotopic (exact) mass is 296 g/mol. The molecule has 20 heavy (non-hydrogen) atoms. The summed E-state index contributed by atoms with van der Waals surface area (Å²) in [5.41, 5.74) is 0.820. The number of hydrogen-bond acceptors (Lipinski definition) is 4. The van der Waals surface area contributed by atoms with Crippen LogP contribution in [0.4, 0.5) is 4.79 Å². The van der Waals surface area contributed by atoms with E-state index in [2.05, 4.69) is 10.6 Å². The molecule has 0 aliphatic heterocycles. The van der Waals surface area contributed by atoms with E-state index in [9.17, 15) is 14.7 Å². The summed E-state index contributed by atoms with van der Waals surface area (Å²) in [7, 11) is 0. The zero-order valence-corrected chi connectivity index (χ0v) is 12.3. The van der Waals surface area contributed by atoms with Crippen molar-refractivity contribution in [3.63, 3.8) is 0 Å². The smallest absolute Gasteiger partial charge is 0.321 e. The van der Waals surface area contributed by atoms with Crippen LogP contribution in [0.25, 0.3) is 0 Å². The zero-order valence-electron chi connectivity index (χ0n) is 11.5. The largest absolute Gasteiger partial charge is 0.388 e. The summed E-state index contributed by atoms with van der Waals surface area (Å²) in [5, 5.41) is 14.7. The number of rotatable bonds is 7. The number of imide groups is 1. The molecule has 0 aromatic heterocycles. The van der Waals surface area contributed by atoms with Crippen LogP contribution in [0.3, 0.4) is 0 Å². The lowest BCUT2D eigenvalue weighted by molar-refractivity contribution is -0.117. The molecule has 0 spiro atoms. The molecule has 1 atom stereocenters. The summed E-state index contributed by atoms with van der Waals surface area (Å²) in [6, 6.07) is 8.79. The lowest BCUT2D eigenvalue weighted by Gasteiger charge is -2.10. The molecule has 3 N–H and O–H groups in total. The molecule has 0 saturated heterocycles. The third-order valence-electron chi connectivity index (χ3n) is 2.48. The number of aliphatic hydroxyl groups excluding tert-OH is 1. The maximum Gasteiger partial charge on any atom is 0.321 e. The molecule has 0 unspecified atom stereocenters. The van der Waals surface area contributed by atoms with Crippen LogP contribution in [-0.2, 0) is 4.79 Å². The molecule has 6 heteroatoms. The van der Waals surface area contributed by atoms with Gasteiger partial charge in [0.05, 0.1) is 11.9 Å². The molecule has 0 saturated carbocycles. The Labute approximate surface area is 123 Å². The van der Waals surface area contributed by atoms with Gasteiger partial charge in [0.25, 0.3) is 0 Å². The number of aliphatic hydroxyl groups is 1. The van der Waals surface area contributed by atoms with E-state index in [1.807, 2.05) is 37.3 Å². The van der Waals surface area contributed by atoms with Crippen LogP contribution < -0.4 is 10.6 Å². The van der Waals surface area contributed by atoms with Crippen LogP contribution in [0.5, 0.6) is 0 Å². The van der Waals surface area contributed by atoms with E-state index in [4.69, 9.17) is 0 Å². The van der Waals surface area contributed by atoms with Crippen molar-refractivity contribution in [2.24, 2.45) is 0 Å². The number of urea groups is 1. The standard InChI is InChI=1S/C14H20N2O3S/c1-2-8-15-14(19)16-13(18)10-20-9-12(17)11-6-4-3-5-7-11/h3-7,12,17H,2,8-10H2,1H3,(H2,15,16,18,19)/t12-/m1/s1. The lowest BCUT2D eigenvalue weighted by atomic mass is 10.1. The van der Waals surface area contributed by atoms with Crippen molar-refractivity contribution in [3.05, 3.63) is 35.9 Å². The van der Waals surface area contributed by atoms with E-state index in [-0.39, 0.29) is 11.7 Å². The Morgan fingerprint density at radius 3 is 2.65 bits per heavy atom. The fourth-order valence-corrected chi connectivity index (χ4v) is 2.27. The van der Waals surface area contributed by atoms with Gasteiger partial charge in [-0.25, -0.2) is 4.79 Å². The fraction of sp³-hybridized carbons (Fsp3) is 0.429. The first-order chi connectivity index (χ1) is 9.63. The summed E-state index contributed by atoms with van der Waals surface area (Å²) in [4.78, 5) is 22.7. The van der Waals surface area contributed by atoms with E-state index in [0.29, 0.717) is 12.3 Å². The Morgan fingerprint density at radius 2 is 2.00 bits per heavy atom. The van der Waals surface area contributed by atoms with E-state index >= 15 is 0 Å². The number of thioether (sulfide) groups is 1. The molecule has 0 aliphatic carbocycles. The van der Waals surface area contributed by atoms with Gasteiger partial charge in [-0.1, -0.05) is 37.3 Å². The Kier molecular flexibility index (Phi) is 7.75. The number of amides is 3. The first kappa shape index (κ1) is 16.5. The minimum absolute atomic E-state index is 0.142. The average Bonchev–Trinajstić information content (AvgIpc) is 2.45. The molecule has 0 heterocycles. The minimum Gasteiger partial charge on any atom is -0.388 e. The molecule has 3 amide bonds. The highest BCUT2D eigenvalue weighted by Gasteiger charge is 2.10. The van der Waals surface area contributed by atoms with Crippen molar-refractivity contribution in [3.8, 4) is 0 Å². The molecule has 0 aliphatic rings. The van der Waals surface area contributed by atoms with Gasteiger partial charge in [0.15, 0.2) is 0 Å². The normalized spacial score (nSPS) is 11.7. The molecule has 1 aromatic carbocycles. The molecule has 110 valence electrons. The van der Waals surface area contributed by atoms with E-state index in [1.165, 1.54) is 11.8 Å². The van der Waals surface area contributed by atoms with Gasteiger partial charge < -0.3 is 10.4 Å². The molecule has 1 aromatic rings. The second kappa shape index (κ2) is 9.39. The van der Waals surface area contributed by atoms with Gasteiger partial charge in [-0.15, -0.1) is 11.8 Å². The van der Waals surface area contributed by atoms with Gasteiger partial charge >= 0.3 is 6.03 Å². The van der Waals surface area contributed by atoms with Gasteiger partial charge in [-0.05, 0) is 12.0 Å². The van der Waals surface area contributed by atoms with Crippen molar-refractivity contribution in [1.82, 2.24) is 10.6 Å². The molecule has 1 rings (SSSR count). The van der Waals surface area contributed by atoms with Crippen LogP contribution in [-0.4, -0.2) is 35.1 Å². The second-order valence-electron chi connectivity index (χ2n) is 4.25. The summed E-state index contributed by atoms with van der Waals surface area (Å²) in [6.07, 6.45) is 0.211. The third-order valence-corrected chi connectivity index (χ3v) is 3.50. The third kappa shape index (κ3) is 6.58. The van der Waals surface area contributed by atoms with Gasteiger partial charge in [0.2, 0.25) is 5.91 Å². The first-order valence-corrected chi connectivity index (χ1v) is 7.67.